The van der Waals surface area contributed by atoms with E-state index in [1.807, 2.05) is 0 Å². The molecule has 1 aliphatic heterocycles. The van der Waals surface area contributed by atoms with E-state index in [4.69, 9.17) is 16.3 Å². The molecule has 1 atom stereocenters. The molecule has 0 saturated carbocycles. The van der Waals surface area contributed by atoms with Crippen molar-refractivity contribution in [1.29, 1.82) is 5.26 Å². The van der Waals surface area contributed by atoms with Crippen LogP contribution in [0.4, 0.5) is 5.82 Å². The summed E-state index contributed by atoms with van der Waals surface area (Å²) < 4.78 is 5.30. The van der Waals surface area contributed by atoms with Crippen LogP contribution < -0.4 is 5.32 Å². The van der Waals surface area contributed by atoms with E-state index >= 15 is 0 Å². The van der Waals surface area contributed by atoms with Crippen molar-refractivity contribution in [2.24, 2.45) is 0 Å². The number of nitrogens with one attached hydrogen (secondary N) is 1. The number of benzene rings is 1. The minimum absolute atomic E-state index is 0.369. The molecule has 1 aliphatic rings. The summed E-state index contributed by atoms with van der Waals surface area (Å²) >= 11 is 5.98. The van der Waals surface area contributed by atoms with Crippen molar-refractivity contribution < 1.29 is 9.84 Å². The van der Waals surface area contributed by atoms with Crippen LogP contribution in [-0.2, 0) is 4.74 Å². The highest BCUT2D eigenvalue weighted by Crippen LogP contribution is 2.23. The highest BCUT2D eigenvalue weighted by Gasteiger charge is 2.15. The molecule has 2 aromatic rings. The van der Waals surface area contributed by atoms with E-state index in [-0.39, 0.29) is 0 Å². The quantitative estimate of drug-likeness (QED) is 0.860. The van der Waals surface area contributed by atoms with Crippen LogP contribution in [0.5, 0.6) is 0 Å². The summed E-state index contributed by atoms with van der Waals surface area (Å²) in [5.74, 6) is 0.572. The number of rotatable bonds is 5. The summed E-state index contributed by atoms with van der Waals surface area (Å²) in [7, 11) is 0. The smallest absolute Gasteiger partial charge is 0.128 e. The predicted molar refractivity (Wildman–Crippen MR) is 93.2 cm³/mol. The molecule has 0 radical (unpaired) electrons. The number of halogens is 1. The van der Waals surface area contributed by atoms with E-state index in [1.54, 1.807) is 24.3 Å². The summed E-state index contributed by atoms with van der Waals surface area (Å²) in [5, 5.41) is 23.9. The van der Waals surface area contributed by atoms with Crippen molar-refractivity contribution in [2.45, 2.75) is 6.10 Å². The molecule has 7 heteroatoms. The second-order valence-electron chi connectivity index (χ2n) is 5.78. The van der Waals surface area contributed by atoms with Crippen LogP contribution in [0, 0.1) is 11.3 Å². The van der Waals surface area contributed by atoms with Gasteiger partial charge in [0.2, 0.25) is 0 Å². The average Bonchev–Trinajstić information content (AvgIpc) is 2.60. The molecule has 126 valence electrons. The van der Waals surface area contributed by atoms with E-state index in [9.17, 15) is 10.4 Å². The summed E-state index contributed by atoms with van der Waals surface area (Å²) in [6.07, 6.45) is -0.517. The molecule has 0 spiro atoms. The van der Waals surface area contributed by atoms with Crippen molar-refractivity contribution in [3.63, 3.8) is 0 Å². The highest BCUT2D eigenvalue weighted by molar-refractivity contribution is 6.31. The molecule has 1 unspecified atom stereocenters. The number of anilines is 1. The lowest BCUT2D eigenvalue weighted by molar-refractivity contribution is 0.0171. The Labute approximate surface area is 145 Å². The summed E-state index contributed by atoms with van der Waals surface area (Å²) in [6, 6.07) is 9.11. The number of fused-ring (bicyclic) bond motifs is 1. The Morgan fingerprint density at radius 3 is 2.92 bits per heavy atom. The van der Waals surface area contributed by atoms with E-state index in [0.29, 0.717) is 48.2 Å². The predicted octanol–water partition coefficient (Wildman–Crippen LogP) is 1.86. The summed E-state index contributed by atoms with van der Waals surface area (Å²) in [5.41, 5.74) is 1.20. The molecular weight excluding hydrogens is 328 g/mol. The highest BCUT2D eigenvalue weighted by atomic mass is 35.5. The van der Waals surface area contributed by atoms with Gasteiger partial charge in [0.15, 0.2) is 0 Å². The maximum atomic E-state index is 10.2. The van der Waals surface area contributed by atoms with Gasteiger partial charge in [-0.15, -0.1) is 0 Å². The Bertz CT molecular complexity index is 756. The minimum Gasteiger partial charge on any atom is -0.390 e. The minimum atomic E-state index is -0.517. The number of ether oxygens (including phenoxy) is 1. The number of aliphatic hydroxyl groups is 1. The van der Waals surface area contributed by atoms with Crippen LogP contribution in [-0.4, -0.2) is 60.5 Å². The third kappa shape index (κ3) is 4.13. The molecule has 1 aromatic carbocycles. The Morgan fingerprint density at radius 2 is 2.17 bits per heavy atom. The second kappa shape index (κ2) is 7.77. The number of aliphatic hydroxyl groups excluding tert-OH is 1. The van der Waals surface area contributed by atoms with Gasteiger partial charge in [0.05, 0.1) is 36.5 Å². The van der Waals surface area contributed by atoms with Gasteiger partial charge >= 0.3 is 0 Å². The first kappa shape index (κ1) is 16.9. The lowest BCUT2D eigenvalue weighted by atomic mass is 10.1. The fourth-order valence-electron chi connectivity index (χ4n) is 2.75. The normalized spacial score (nSPS) is 16.7. The van der Waals surface area contributed by atoms with E-state index in [0.717, 1.165) is 18.5 Å². The number of hydrogen-bond acceptors (Lipinski definition) is 6. The first-order valence-electron chi connectivity index (χ1n) is 7.88. The molecule has 6 nitrogen and oxygen atoms in total. The molecule has 0 amide bonds. The summed E-state index contributed by atoms with van der Waals surface area (Å²) in [4.78, 5) is 6.65. The Morgan fingerprint density at radius 1 is 1.38 bits per heavy atom. The largest absolute Gasteiger partial charge is 0.390 e. The zero-order valence-electron chi connectivity index (χ0n) is 13.2. The molecule has 1 aromatic heterocycles. The van der Waals surface area contributed by atoms with Gasteiger partial charge in [-0.2, -0.15) is 5.26 Å². The van der Waals surface area contributed by atoms with Crippen LogP contribution in [0.25, 0.3) is 10.9 Å². The molecular formula is C17H19ClN4O2. The SMILES string of the molecule is N#Cc1cc(NCC(O)CN2CCOCC2)nc2ccc(Cl)cc12. The fourth-order valence-corrected chi connectivity index (χ4v) is 2.92. The van der Waals surface area contributed by atoms with Crippen molar-refractivity contribution >= 4 is 28.3 Å². The Hall–Kier alpha value is -1.91. The van der Waals surface area contributed by atoms with Gasteiger partial charge in [0.25, 0.3) is 0 Å². The van der Waals surface area contributed by atoms with Crippen molar-refractivity contribution in [3.05, 3.63) is 34.9 Å². The summed E-state index contributed by atoms with van der Waals surface area (Å²) in [6.45, 7) is 4.05. The van der Waals surface area contributed by atoms with Gasteiger partial charge in [-0.3, -0.25) is 4.90 Å². The van der Waals surface area contributed by atoms with Gasteiger partial charge < -0.3 is 15.2 Å². The molecule has 1 fully saturated rings. The maximum Gasteiger partial charge on any atom is 0.128 e. The van der Waals surface area contributed by atoms with Crippen LogP contribution in [0.15, 0.2) is 24.3 Å². The third-order valence-electron chi connectivity index (χ3n) is 3.98. The number of aromatic nitrogens is 1. The Kier molecular flexibility index (Phi) is 5.48. The molecule has 1 saturated heterocycles. The van der Waals surface area contributed by atoms with Crippen molar-refractivity contribution in [2.75, 3.05) is 44.7 Å². The van der Waals surface area contributed by atoms with Gasteiger partial charge in [-0.25, -0.2) is 4.98 Å². The molecule has 3 rings (SSSR count). The molecule has 2 N–H and O–H groups in total. The van der Waals surface area contributed by atoms with Crippen LogP contribution in [0.3, 0.4) is 0 Å². The lowest BCUT2D eigenvalue weighted by Crippen LogP contribution is -2.42. The van der Waals surface area contributed by atoms with E-state index < -0.39 is 6.10 Å². The Balaban J connectivity index is 1.66. The van der Waals surface area contributed by atoms with Gasteiger partial charge in [-0.05, 0) is 24.3 Å². The zero-order valence-corrected chi connectivity index (χ0v) is 14.0. The number of hydrogen-bond donors (Lipinski definition) is 2. The van der Waals surface area contributed by atoms with Gasteiger partial charge in [0, 0.05) is 36.6 Å². The first-order chi connectivity index (χ1) is 11.7. The van der Waals surface area contributed by atoms with Crippen LogP contribution in [0.1, 0.15) is 5.56 Å². The number of nitriles is 1. The van der Waals surface area contributed by atoms with E-state index in [1.165, 1.54) is 0 Å². The zero-order chi connectivity index (χ0) is 16.9. The standard InChI is InChI=1S/C17H19ClN4O2/c18-13-1-2-16-15(8-13)12(9-19)7-17(21-16)20-10-14(23)11-22-3-5-24-6-4-22/h1-2,7-8,14,23H,3-6,10-11H2,(H,20,21). The van der Waals surface area contributed by atoms with Gasteiger partial charge in [-0.1, -0.05) is 11.6 Å². The lowest BCUT2D eigenvalue weighted by Gasteiger charge is -2.28. The molecule has 0 aliphatic carbocycles. The third-order valence-corrected chi connectivity index (χ3v) is 4.22. The van der Waals surface area contributed by atoms with E-state index in [2.05, 4.69) is 21.3 Å². The van der Waals surface area contributed by atoms with Crippen LogP contribution >= 0.6 is 11.6 Å². The second-order valence-corrected chi connectivity index (χ2v) is 6.21. The topological polar surface area (TPSA) is 81.4 Å². The number of pyridine rings is 1. The maximum absolute atomic E-state index is 10.2. The number of nitrogens with zero attached hydrogens (tertiary/aromatic N) is 3. The fraction of sp³-hybridized carbons (Fsp3) is 0.412. The van der Waals surface area contributed by atoms with Crippen molar-refractivity contribution in [1.82, 2.24) is 9.88 Å². The average molecular weight is 347 g/mol. The molecule has 0 bridgehead atoms. The van der Waals surface area contributed by atoms with Crippen molar-refractivity contribution in [3.8, 4) is 6.07 Å². The first-order valence-corrected chi connectivity index (χ1v) is 8.26. The number of β-amino-alcohol motifs (C(OH)–C–C–N with tert-alkyl or cyclic N) is 1. The molecule has 24 heavy (non-hydrogen) atoms. The van der Waals surface area contributed by atoms with Gasteiger partial charge in [0.1, 0.15) is 5.82 Å². The van der Waals surface area contributed by atoms with Crippen LogP contribution in [0.2, 0.25) is 5.02 Å². The number of morpholine rings is 1. The molecule has 2 heterocycles. The monoisotopic (exact) mass is 346 g/mol.